The van der Waals surface area contributed by atoms with Gasteiger partial charge < -0.3 is 11.1 Å². The van der Waals surface area contributed by atoms with E-state index in [2.05, 4.69) is 5.32 Å². The Bertz CT molecular complexity index is 360. The Morgan fingerprint density at radius 3 is 2.44 bits per heavy atom. The van der Waals surface area contributed by atoms with E-state index in [9.17, 15) is 9.18 Å². The lowest BCUT2D eigenvalue weighted by atomic mass is 9.84. The minimum absolute atomic E-state index is 0.107. The molecule has 0 atom stereocenters. The predicted molar refractivity (Wildman–Crippen MR) is 61.5 cm³/mol. The van der Waals surface area contributed by atoms with Crippen molar-refractivity contribution < 1.29 is 9.18 Å². The maximum Gasteiger partial charge on any atom is 0.230 e. The highest BCUT2D eigenvalue weighted by Gasteiger charge is 2.29. The number of nitrogens with two attached hydrogens (primary N) is 1. The van der Waals surface area contributed by atoms with Crippen molar-refractivity contribution in [3.05, 3.63) is 35.6 Å². The fourth-order valence-electron chi connectivity index (χ4n) is 1.40. The Labute approximate surface area is 94.8 Å². The number of carbonyl (C=O) groups excluding carboxylic acids is 1. The molecule has 0 spiro atoms. The van der Waals surface area contributed by atoms with E-state index in [4.69, 9.17) is 5.73 Å². The van der Waals surface area contributed by atoms with Gasteiger partial charge in [-0.05, 0) is 31.5 Å². The normalized spacial score (nSPS) is 11.2. The van der Waals surface area contributed by atoms with Crippen molar-refractivity contribution in [2.24, 2.45) is 5.73 Å². The average molecular weight is 224 g/mol. The molecular formula is C12H17FN2O. The molecule has 1 aromatic carbocycles. The second-order valence-electron chi connectivity index (χ2n) is 4.18. The molecule has 3 nitrogen and oxygen atoms in total. The van der Waals surface area contributed by atoms with Gasteiger partial charge in [0.2, 0.25) is 5.91 Å². The largest absolute Gasteiger partial charge is 0.354 e. The molecule has 0 saturated carbocycles. The average Bonchev–Trinajstić information content (AvgIpc) is 2.26. The van der Waals surface area contributed by atoms with Crippen LogP contribution in [0.5, 0.6) is 0 Å². The number of hydrogen-bond acceptors (Lipinski definition) is 2. The highest BCUT2D eigenvalue weighted by molar-refractivity contribution is 5.87. The first-order chi connectivity index (χ1) is 7.48. The molecule has 0 aliphatic rings. The van der Waals surface area contributed by atoms with Crippen molar-refractivity contribution >= 4 is 5.91 Å². The van der Waals surface area contributed by atoms with Crippen molar-refractivity contribution in [3.8, 4) is 0 Å². The van der Waals surface area contributed by atoms with Crippen LogP contribution in [0.2, 0.25) is 0 Å². The van der Waals surface area contributed by atoms with Crippen LogP contribution in [0.3, 0.4) is 0 Å². The van der Waals surface area contributed by atoms with Crippen LogP contribution < -0.4 is 11.1 Å². The Balaban J connectivity index is 2.83. The summed E-state index contributed by atoms with van der Waals surface area (Å²) < 4.78 is 12.8. The second kappa shape index (κ2) is 5.07. The Morgan fingerprint density at radius 2 is 1.94 bits per heavy atom. The number of nitrogens with one attached hydrogen (secondary N) is 1. The molecule has 1 aromatic rings. The molecule has 0 fully saturated rings. The molecule has 0 saturated heterocycles. The van der Waals surface area contributed by atoms with Crippen LogP contribution in [0, 0.1) is 5.82 Å². The summed E-state index contributed by atoms with van der Waals surface area (Å²) >= 11 is 0. The lowest BCUT2D eigenvalue weighted by Gasteiger charge is -2.24. The third-order valence-electron chi connectivity index (χ3n) is 2.56. The van der Waals surface area contributed by atoms with Gasteiger partial charge in [0.1, 0.15) is 5.82 Å². The van der Waals surface area contributed by atoms with Crippen molar-refractivity contribution in [2.45, 2.75) is 19.3 Å². The summed E-state index contributed by atoms with van der Waals surface area (Å²) in [6, 6.07) is 5.95. The van der Waals surface area contributed by atoms with Crippen molar-refractivity contribution in [2.75, 3.05) is 13.1 Å². The van der Waals surface area contributed by atoms with E-state index in [1.807, 2.05) is 0 Å². The summed E-state index contributed by atoms with van der Waals surface area (Å²) in [6.07, 6.45) is 0. The van der Waals surface area contributed by atoms with Gasteiger partial charge in [0, 0.05) is 13.1 Å². The van der Waals surface area contributed by atoms with Gasteiger partial charge in [0.15, 0.2) is 0 Å². The maximum atomic E-state index is 12.8. The topological polar surface area (TPSA) is 55.1 Å². The van der Waals surface area contributed by atoms with Crippen molar-refractivity contribution in [1.29, 1.82) is 0 Å². The van der Waals surface area contributed by atoms with E-state index in [-0.39, 0.29) is 11.7 Å². The monoisotopic (exact) mass is 224 g/mol. The molecule has 1 amide bonds. The highest BCUT2D eigenvalue weighted by atomic mass is 19.1. The quantitative estimate of drug-likeness (QED) is 0.806. The highest BCUT2D eigenvalue weighted by Crippen LogP contribution is 2.23. The summed E-state index contributed by atoms with van der Waals surface area (Å²) in [5, 5.41) is 2.73. The van der Waals surface area contributed by atoms with Gasteiger partial charge in [-0.1, -0.05) is 12.1 Å². The van der Waals surface area contributed by atoms with Crippen LogP contribution in [-0.4, -0.2) is 19.0 Å². The van der Waals surface area contributed by atoms with Gasteiger partial charge in [0.25, 0.3) is 0 Å². The maximum absolute atomic E-state index is 12.8. The zero-order valence-electron chi connectivity index (χ0n) is 9.59. The zero-order valence-corrected chi connectivity index (χ0v) is 9.59. The number of amides is 1. The molecule has 0 bridgehead atoms. The Morgan fingerprint density at radius 1 is 1.38 bits per heavy atom. The van der Waals surface area contributed by atoms with E-state index >= 15 is 0 Å². The molecule has 1 rings (SSSR count). The van der Waals surface area contributed by atoms with Crippen LogP contribution in [-0.2, 0) is 10.2 Å². The molecule has 0 aliphatic carbocycles. The van der Waals surface area contributed by atoms with E-state index < -0.39 is 5.41 Å². The van der Waals surface area contributed by atoms with E-state index in [1.165, 1.54) is 12.1 Å². The summed E-state index contributed by atoms with van der Waals surface area (Å²) in [6.45, 7) is 4.45. The third-order valence-corrected chi connectivity index (χ3v) is 2.56. The standard InChI is InChI=1S/C12H17FN2O/c1-12(2,11(16)15-8-7-14)9-3-5-10(13)6-4-9/h3-6H,7-8,14H2,1-2H3,(H,15,16). The van der Waals surface area contributed by atoms with E-state index in [1.54, 1.807) is 26.0 Å². The van der Waals surface area contributed by atoms with Crippen LogP contribution in [0.15, 0.2) is 24.3 Å². The third kappa shape index (κ3) is 2.79. The fourth-order valence-corrected chi connectivity index (χ4v) is 1.40. The van der Waals surface area contributed by atoms with Gasteiger partial charge in [-0.3, -0.25) is 4.79 Å². The lowest BCUT2D eigenvalue weighted by Crippen LogP contribution is -2.42. The summed E-state index contributed by atoms with van der Waals surface area (Å²) in [4.78, 5) is 11.8. The van der Waals surface area contributed by atoms with Gasteiger partial charge in [-0.25, -0.2) is 4.39 Å². The summed E-state index contributed by atoms with van der Waals surface area (Å²) in [7, 11) is 0. The van der Waals surface area contributed by atoms with Gasteiger partial charge in [-0.2, -0.15) is 0 Å². The molecule has 0 aromatic heterocycles. The Kier molecular flexibility index (Phi) is 4.01. The molecule has 0 aliphatic heterocycles. The van der Waals surface area contributed by atoms with E-state index in [0.29, 0.717) is 13.1 Å². The second-order valence-corrected chi connectivity index (χ2v) is 4.18. The van der Waals surface area contributed by atoms with Crippen molar-refractivity contribution in [3.63, 3.8) is 0 Å². The van der Waals surface area contributed by atoms with Gasteiger partial charge >= 0.3 is 0 Å². The van der Waals surface area contributed by atoms with Crippen molar-refractivity contribution in [1.82, 2.24) is 5.32 Å². The SMILES string of the molecule is CC(C)(C(=O)NCCN)c1ccc(F)cc1. The number of halogens is 1. The minimum atomic E-state index is -0.678. The molecule has 16 heavy (non-hydrogen) atoms. The first-order valence-electron chi connectivity index (χ1n) is 5.23. The van der Waals surface area contributed by atoms with Crippen LogP contribution in [0.1, 0.15) is 19.4 Å². The number of benzene rings is 1. The van der Waals surface area contributed by atoms with Crippen LogP contribution in [0.25, 0.3) is 0 Å². The van der Waals surface area contributed by atoms with Gasteiger partial charge in [-0.15, -0.1) is 0 Å². The molecule has 88 valence electrons. The lowest BCUT2D eigenvalue weighted by molar-refractivity contribution is -0.125. The van der Waals surface area contributed by atoms with Crippen LogP contribution in [0.4, 0.5) is 4.39 Å². The molecule has 4 heteroatoms. The predicted octanol–water partition coefficient (Wildman–Crippen LogP) is 1.18. The molecule has 0 unspecified atom stereocenters. The zero-order chi connectivity index (χ0) is 12.2. The summed E-state index contributed by atoms with van der Waals surface area (Å²) in [5.41, 5.74) is 5.42. The smallest absolute Gasteiger partial charge is 0.230 e. The number of hydrogen-bond donors (Lipinski definition) is 2. The molecular weight excluding hydrogens is 207 g/mol. The fraction of sp³-hybridized carbons (Fsp3) is 0.417. The first kappa shape index (κ1) is 12.6. The summed E-state index contributed by atoms with van der Waals surface area (Å²) in [5.74, 6) is -0.411. The molecule has 3 N–H and O–H groups in total. The molecule has 0 radical (unpaired) electrons. The first-order valence-corrected chi connectivity index (χ1v) is 5.23. The Hall–Kier alpha value is -1.42. The number of carbonyl (C=O) groups is 1. The number of rotatable bonds is 4. The van der Waals surface area contributed by atoms with E-state index in [0.717, 1.165) is 5.56 Å². The van der Waals surface area contributed by atoms with Crippen LogP contribution >= 0.6 is 0 Å². The molecule has 0 heterocycles. The minimum Gasteiger partial charge on any atom is -0.354 e. The van der Waals surface area contributed by atoms with Gasteiger partial charge in [0.05, 0.1) is 5.41 Å².